The maximum atomic E-state index is 6.88. The van der Waals surface area contributed by atoms with Crippen LogP contribution in [0.3, 0.4) is 0 Å². The van der Waals surface area contributed by atoms with E-state index in [4.69, 9.17) is 10.4 Å². The predicted molar refractivity (Wildman–Crippen MR) is 13.3 cm³/mol. The van der Waals surface area contributed by atoms with Crippen molar-refractivity contribution in [3.05, 3.63) is 0 Å². The van der Waals surface area contributed by atoms with Gasteiger partial charge in [-0.1, -0.05) is 0 Å². The Bertz CT molecular complexity index is 29.5. The van der Waals surface area contributed by atoms with Crippen LogP contribution in [0.5, 0.6) is 0 Å². The van der Waals surface area contributed by atoms with Gasteiger partial charge in [-0.2, -0.15) is 5.26 Å². The summed E-state index contributed by atoms with van der Waals surface area (Å²) in [6.45, 7) is 0. The second-order valence-electron chi connectivity index (χ2n) is 0.100. The predicted octanol–water partition coefficient (Wildman–Crippen LogP) is -0.541. The van der Waals surface area contributed by atoms with E-state index in [-0.39, 0.29) is 51.4 Å². The number of nitrogens with zero attached hydrogens (tertiary/aromatic N) is 1. The van der Waals surface area contributed by atoms with Crippen LogP contribution >= 0.6 is 0 Å². The third-order valence-electron chi connectivity index (χ3n) is 0. The molecule has 0 fully saturated rings. The third kappa shape index (κ3) is 12.7. The minimum Gasteiger partial charge on any atom is -0.443 e. The molecule has 0 unspecified atom stereocenters. The fourth-order valence-electron chi connectivity index (χ4n) is 0. The molecule has 17 valence electrons. The quantitative estimate of drug-likeness (QED) is 0.243. The molecule has 0 aromatic heterocycles. The van der Waals surface area contributed by atoms with E-state index in [9.17, 15) is 0 Å². The molecule has 0 aliphatic rings. The van der Waals surface area contributed by atoms with Crippen molar-refractivity contribution in [3.8, 4) is 6.26 Å². The second kappa shape index (κ2) is 9.06. The van der Waals surface area contributed by atoms with Crippen molar-refractivity contribution in [2.24, 2.45) is 0 Å². The Labute approximate surface area is 66.8 Å². The largest absolute Gasteiger partial charge is 0.443 e. The summed E-state index contributed by atoms with van der Waals surface area (Å²) in [5.74, 6) is 0. The van der Waals surface area contributed by atoms with E-state index in [0.717, 1.165) is 6.26 Å². The molecule has 0 aliphatic carbocycles. The van der Waals surface area contributed by atoms with Gasteiger partial charge in [-0.3, -0.25) is 0 Å². The molecule has 0 saturated heterocycles. The van der Waals surface area contributed by atoms with Gasteiger partial charge >= 0.3 is 0 Å². The van der Waals surface area contributed by atoms with Crippen molar-refractivity contribution in [2.45, 2.75) is 0 Å². The first-order chi connectivity index (χ1) is 1.41. The van der Waals surface area contributed by atoms with Gasteiger partial charge in [0, 0.05) is 51.4 Å². The maximum Gasteiger partial charge on any atom is 0.283 e. The molecule has 0 spiro atoms. The molecule has 0 amide bonds. The van der Waals surface area contributed by atoms with Crippen molar-refractivity contribution in [1.82, 2.24) is 0 Å². The SMILES string of the molecule is [15N]#CO.[K]. The van der Waals surface area contributed by atoms with Crippen LogP contribution in [0, 0.1) is 11.5 Å². The van der Waals surface area contributed by atoms with Gasteiger partial charge in [0.05, 0.1) is 0 Å². The Kier molecular flexibility index (Phi) is 20.1. The zero-order chi connectivity index (χ0) is 2.71. The summed E-state index contributed by atoms with van der Waals surface area (Å²) < 4.78 is 0. The minimum absolute atomic E-state index is 0. The monoisotopic (exact) mass is 83.0 g/mol. The van der Waals surface area contributed by atoms with Crippen LogP contribution in [-0.4, -0.2) is 56.5 Å². The fourth-order valence-corrected chi connectivity index (χ4v) is 0. The van der Waals surface area contributed by atoms with Crippen LogP contribution < -0.4 is 0 Å². The molecule has 2 nitrogen and oxygen atoms in total. The summed E-state index contributed by atoms with van der Waals surface area (Å²) in [5, 5.41) is 13.8. The summed E-state index contributed by atoms with van der Waals surface area (Å²) >= 11 is 0. The topological polar surface area (TPSA) is 44.0 Å². The van der Waals surface area contributed by atoms with Crippen molar-refractivity contribution in [3.63, 3.8) is 0 Å². The van der Waals surface area contributed by atoms with Crippen LogP contribution in [0.15, 0.2) is 0 Å². The van der Waals surface area contributed by atoms with Crippen molar-refractivity contribution in [1.29, 1.82) is 5.26 Å². The van der Waals surface area contributed by atoms with Gasteiger partial charge < -0.3 is 5.11 Å². The van der Waals surface area contributed by atoms with Crippen molar-refractivity contribution >= 4 is 51.4 Å². The van der Waals surface area contributed by atoms with E-state index >= 15 is 0 Å². The van der Waals surface area contributed by atoms with E-state index in [2.05, 4.69) is 0 Å². The smallest absolute Gasteiger partial charge is 0.283 e. The number of rotatable bonds is 0. The van der Waals surface area contributed by atoms with Crippen molar-refractivity contribution < 1.29 is 5.11 Å². The van der Waals surface area contributed by atoms with Crippen LogP contribution in [0.4, 0.5) is 0 Å². The van der Waals surface area contributed by atoms with E-state index in [1.54, 1.807) is 0 Å². The number of nitriles is 1. The van der Waals surface area contributed by atoms with Gasteiger partial charge in [0.15, 0.2) is 0 Å². The average Bonchev–Trinajstić information content (AvgIpc) is 0.918. The number of hydrogen-bond donors (Lipinski definition) is 1. The normalized spacial score (nSPS) is 1.75. The first-order valence-corrected chi connectivity index (χ1v) is 0.447. The van der Waals surface area contributed by atoms with E-state index in [1.807, 2.05) is 0 Å². The van der Waals surface area contributed by atoms with Crippen LogP contribution in [-0.2, 0) is 0 Å². The molecule has 1 N–H and O–H groups in total. The summed E-state index contributed by atoms with van der Waals surface area (Å²) in [6.07, 6.45) is 0.750. The first-order valence-electron chi connectivity index (χ1n) is 0.447. The van der Waals surface area contributed by atoms with Gasteiger partial charge in [0.2, 0.25) is 0 Å². The fraction of sp³-hybridized carbons (Fsp3) is 0. The molecule has 0 aliphatic heterocycles. The summed E-state index contributed by atoms with van der Waals surface area (Å²) in [4.78, 5) is 0. The van der Waals surface area contributed by atoms with Gasteiger partial charge in [0.1, 0.15) is 0 Å². The molecule has 0 bridgehead atoms. The molecule has 0 aromatic carbocycles. The number of aliphatic hydroxyl groups excluding tert-OH is 1. The standard InChI is InChI=1S/CHNO.K/c2-1-3;/h3H;/i2+1;. The number of aliphatic hydroxyl groups is 1. The summed E-state index contributed by atoms with van der Waals surface area (Å²) in [6, 6.07) is 0. The molecule has 0 atom stereocenters. The molecule has 0 rings (SSSR count). The van der Waals surface area contributed by atoms with Crippen molar-refractivity contribution in [2.75, 3.05) is 0 Å². The molecular formula is CHKNO. The third-order valence-corrected chi connectivity index (χ3v) is 0. The Hall–Kier alpha value is 0.926. The Morgan fingerprint density at radius 2 is 1.75 bits per heavy atom. The summed E-state index contributed by atoms with van der Waals surface area (Å²) in [5.41, 5.74) is 0. The second-order valence-corrected chi connectivity index (χ2v) is 0.100. The zero-order valence-corrected chi connectivity index (χ0v) is 5.52. The Balaban J connectivity index is 0. The van der Waals surface area contributed by atoms with E-state index < -0.39 is 0 Å². The molecule has 4 heavy (non-hydrogen) atoms. The van der Waals surface area contributed by atoms with Crippen LogP contribution in [0.2, 0.25) is 0 Å². The Morgan fingerprint density at radius 3 is 1.75 bits per heavy atom. The Morgan fingerprint density at radius 1 is 1.75 bits per heavy atom. The maximum absolute atomic E-state index is 6.88. The molecule has 1 radical (unpaired) electrons. The first kappa shape index (κ1) is 8.87. The van der Waals surface area contributed by atoms with Crippen LogP contribution in [0.1, 0.15) is 0 Å². The molecule has 3 heteroatoms. The average molecular weight is 83.1 g/mol. The van der Waals surface area contributed by atoms with Gasteiger partial charge in [0.25, 0.3) is 6.26 Å². The minimum atomic E-state index is 0. The molecule has 0 heterocycles. The van der Waals surface area contributed by atoms with E-state index in [0.29, 0.717) is 0 Å². The zero-order valence-electron chi connectivity index (χ0n) is 2.39. The van der Waals surface area contributed by atoms with Gasteiger partial charge in [-0.25, -0.2) is 0 Å². The molecule has 0 saturated carbocycles. The van der Waals surface area contributed by atoms with Gasteiger partial charge in [-0.05, 0) is 0 Å². The molecule has 0 aromatic rings. The number of hydrogen-bond acceptors (Lipinski definition) is 2. The van der Waals surface area contributed by atoms with E-state index in [1.165, 1.54) is 0 Å². The molecular weight excluding hydrogens is 82.1 g/mol. The summed E-state index contributed by atoms with van der Waals surface area (Å²) in [7, 11) is 0. The van der Waals surface area contributed by atoms with Gasteiger partial charge in [-0.15, -0.1) is 0 Å². The van der Waals surface area contributed by atoms with Crippen LogP contribution in [0.25, 0.3) is 0 Å².